The van der Waals surface area contributed by atoms with E-state index in [-0.39, 0.29) is 6.09 Å². The molecule has 1 aromatic rings. The van der Waals surface area contributed by atoms with Crippen LogP contribution >= 0.6 is 0 Å². The van der Waals surface area contributed by atoms with Gasteiger partial charge >= 0.3 is 6.09 Å². The first-order chi connectivity index (χ1) is 10.9. The van der Waals surface area contributed by atoms with Crippen LogP contribution < -0.4 is 5.32 Å². The highest BCUT2D eigenvalue weighted by Crippen LogP contribution is 2.27. The Morgan fingerprint density at radius 1 is 1.30 bits per heavy atom. The van der Waals surface area contributed by atoms with E-state index in [2.05, 4.69) is 30.4 Å². The molecule has 0 fully saturated rings. The van der Waals surface area contributed by atoms with E-state index in [0.717, 1.165) is 25.2 Å². The molecule has 2 rings (SSSR count). The number of fused-ring (bicyclic) bond motifs is 1. The Balaban J connectivity index is 2.04. The maximum atomic E-state index is 12.3. The van der Waals surface area contributed by atoms with Crippen molar-refractivity contribution in [2.45, 2.75) is 65.5 Å². The molecule has 1 N–H and O–H groups in total. The molecule has 0 radical (unpaired) electrons. The third-order valence-electron chi connectivity index (χ3n) is 4.02. The number of amides is 1. The van der Waals surface area contributed by atoms with Gasteiger partial charge in [-0.2, -0.15) is 0 Å². The molecule has 1 aromatic carbocycles. The van der Waals surface area contributed by atoms with Gasteiger partial charge < -0.3 is 15.0 Å². The van der Waals surface area contributed by atoms with Gasteiger partial charge in [-0.05, 0) is 50.8 Å². The number of anilines is 1. The third kappa shape index (κ3) is 5.15. The molecule has 1 aliphatic rings. The van der Waals surface area contributed by atoms with Gasteiger partial charge in [0.15, 0.2) is 0 Å². The van der Waals surface area contributed by atoms with Crippen molar-refractivity contribution in [1.82, 2.24) is 4.90 Å². The molecule has 1 heterocycles. The van der Waals surface area contributed by atoms with Crippen molar-refractivity contribution in [2.24, 2.45) is 0 Å². The molecule has 4 nitrogen and oxygen atoms in total. The molecule has 0 bridgehead atoms. The average molecular weight is 318 g/mol. The Morgan fingerprint density at radius 3 is 2.78 bits per heavy atom. The van der Waals surface area contributed by atoms with Gasteiger partial charge in [0.25, 0.3) is 0 Å². The molecule has 4 heteroatoms. The topological polar surface area (TPSA) is 41.6 Å². The molecule has 1 aliphatic heterocycles. The summed E-state index contributed by atoms with van der Waals surface area (Å²) in [6.45, 7) is 10.3. The van der Waals surface area contributed by atoms with E-state index in [1.807, 2.05) is 25.7 Å². The predicted octanol–water partition coefficient (Wildman–Crippen LogP) is 4.58. The zero-order chi connectivity index (χ0) is 16.9. The highest BCUT2D eigenvalue weighted by molar-refractivity contribution is 5.69. The average Bonchev–Trinajstić information content (AvgIpc) is 2.49. The summed E-state index contributed by atoms with van der Waals surface area (Å²) < 4.78 is 5.51. The first-order valence-corrected chi connectivity index (χ1v) is 8.73. The van der Waals surface area contributed by atoms with Crippen LogP contribution in [0.5, 0.6) is 0 Å². The summed E-state index contributed by atoms with van der Waals surface area (Å²) in [6.07, 6.45) is 4.31. The molecule has 128 valence electrons. The number of hydrogen-bond donors (Lipinski definition) is 1. The minimum Gasteiger partial charge on any atom is -0.444 e. The van der Waals surface area contributed by atoms with Crippen LogP contribution in [0.2, 0.25) is 0 Å². The summed E-state index contributed by atoms with van der Waals surface area (Å²) in [4.78, 5) is 14.1. The molecule has 1 amide bonds. The molecule has 0 spiro atoms. The van der Waals surface area contributed by atoms with Crippen molar-refractivity contribution < 1.29 is 9.53 Å². The van der Waals surface area contributed by atoms with Gasteiger partial charge in [0.1, 0.15) is 5.60 Å². The summed E-state index contributed by atoms with van der Waals surface area (Å²) in [5.41, 5.74) is 3.29. The quantitative estimate of drug-likeness (QED) is 0.808. The lowest BCUT2D eigenvalue weighted by atomic mass is 9.98. The SMILES string of the molecule is CCCCCNc1cccc2c1CN(C(=O)OC(C)(C)C)CC2. The maximum Gasteiger partial charge on any atom is 0.410 e. The van der Waals surface area contributed by atoms with Crippen LogP contribution in [0.15, 0.2) is 18.2 Å². The Bertz CT molecular complexity index is 535. The van der Waals surface area contributed by atoms with E-state index in [4.69, 9.17) is 4.74 Å². The molecule has 0 aliphatic carbocycles. The van der Waals surface area contributed by atoms with Gasteiger partial charge in [-0.15, -0.1) is 0 Å². The smallest absolute Gasteiger partial charge is 0.410 e. The molecule has 0 saturated carbocycles. The predicted molar refractivity (Wildman–Crippen MR) is 94.8 cm³/mol. The number of carbonyl (C=O) groups is 1. The zero-order valence-corrected chi connectivity index (χ0v) is 14.9. The number of hydrogen-bond acceptors (Lipinski definition) is 3. The highest BCUT2D eigenvalue weighted by atomic mass is 16.6. The van der Waals surface area contributed by atoms with Gasteiger partial charge in [0.2, 0.25) is 0 Å². The Labute approximate surface area is 140 Å². The largest absolute Gasteiger partial charge is 0.444 e. The van der Waals surface area contributed by atoms with Gasteiger partial charge in [-0.3, -0.25) is 0 Å². The van der Waals surface area contributed by atoms with Crippen LogP contribution in [-0.4, -0.2) is 29.7 Å². The second-order valence-corrected chi connectivity index (χ2v) is 7.23. The van der Waals surface area contributed by atoms with Crippen molar-refractivity contribution in [2.75, 3.05) is 18.4 Å². The first-order valence-electron chi connectivity index (χ1n) is 8.73. The summed E-state index contributed by atoms with van der Waals surface area (Å²) in [7, 11) is 0. The van der Waals surface area contributed by atoms with E-state index in [1.165, 1.54) is 30.4 Å². The van der Waals surface area contributed by atoms with E-state index in [1.54, 1.807) is 0 Å². The maximum absolute atomic E-state index is 12.3. The second-order valence-electron chi connectivity index (χ2n) is 7.23. The summed E-state index contributed by atoms with van der Waals surface area (Å²) in [5, 5.41) is 3.54. The molecule has 23 heavy (non-hydrogen) atoms. The second kappa shape index (κ2) is 7.71. The fourth-order valence-corrected chi connectivity index (χ4v) is 2.83. The normalized spacial score (nSPS) is 14.3. The van der Waals surface area contributed by atoms with E-state index in [9.17, 15) is 4.79 Å². The van der Waals surface area contributed by atoms with Crippen LogP contribution in [0.3, 0.4) is 0 Å². The molecule has 0 unspecified atom stereocenters. The van der Waals surface area contributed by atoms with Crippen LogP contribution in [0, 0.1) is 0 Å². The summed E-state index contributed by atoms with van der Waals surface area (Å²) in [6, 6.07) is 6.38. The lowest BCUT2D eigenvalue weighted by Crippen LogP contribution is -2.40. The van der Waals surface area contributed by atoms with Crippen LogP contribution in [0.25, 0.3) is 0 Å². The van der Waals surface area contributed by atoms with Crippen molar-refractivity contribution in [3.63, 3.8) is 0 Å². The van der Waals surface area contributed by atoms with E-state index in [0.29, 0.717) is 6.54 Å². The van der Waals surface area contributed by atoms with Gasteiger partial charge in [-0.25, -0.2) is 4.79 Å². The third-order valence-corrected chi connectivity index (χ3v) is 4.02. The zero-order valence-electron chi connectivity index (χ0n) is 14.9. The number of ether oxygens (including phenoxy) is 1. The summed E-state index contributed by atoms with van der Waals surface area (Å²) >= 11 is 0. The molecule has 0 saturated heterocycles. The van der Waals surface area contributed by atoms with Crippen LogP contribution in [0.1, 0.15) is 58.1 Å². The van der Waals surface area contributed by atoms with Crippen molar-refractivity contribution >= 4 is 11.8 Å². The Kier molecular flexibility index (Phi) is 5.91. The first kappa shape index (κ1) is 17.6. The fourth-order valence-electron chi connectivity index (χ4n) is 2.83. The fraction of sp³-hybridized carbons (Fsp3) is 0.632. The molecule has 0 atom stereocenters. The number of benzene rings is 1. The number of nitrogens with zero attached hydrogens (tertiary/aromatic N) is 1. The lowest BCUT2D eigenvalue weighted by molar-refractivity contribution is 0.0224. The van der Waals surface area contributed by atoms with Crippen LogP contribution in [0.4, 0.5) is 10.5 Å². The minimum absolute atomic E-state index is 0.219. The molecule has 0 aromatic heterocycles. The van der Waals surface area contributed by atoms with Gasteiger partial charge in [0.05, 0.1) is 6.54 Å². The van der Waals surface area contributed by atoms with E-state index < -0.39 is 5.60 Å². The molecular weight excluding hydrogens is 288 g/mol. The minimum atomic E-state index is -0.449. The van der Waals surface area contributed by atoms with Crippen LogP contribution in [-0.2, 0) is 17.7 Å². The Hall–Kier alpha value is -1.71. The molecular formula is C19H30N2O2. The van der Waals surface area contributed by atoms with Gasteiger partial charge in [-0.1, -0.05) is 31.9 Å². The standard InChI is InChI=1S/C19H30N2O2/c1-5-6-7-12-20-17-10-8-9-15-11-13-21(14-16(15)17)18(22)23-19(2,3)4/h8-10,20H,5-7,11-14H2,1-4H3. The Morgan fingerprint density at radius 2 is 2.09 bits per heavy atom. The highest BCUT2D eigenvalue weighted by Gasteiger charge is 2.26. The lowest BCUT2D eigenvalue weighted by Gasteiger charge is -2.32. The monoisotopic (exact) mass is 318 g/mol. The summed E-state index contributed by atoms with van der Waals surface area (Å²) in [5.74, 6) is 0. The van der Waals surface area contributed by atoms with Crippen molar-refractivity contribution in [1.29, 1.82) is 0 Å². The van der Waals surface area contributed by atoms with Gasteiger partial charge in [0, 0.05) is 18.8 Å². The number of carbonyl (C=O) groups excluding carboxylic acids is 1. The van der Waals surface area contributed by atoms with Crippen molar-refractivity contribution in [3.05, 3.63) is 29.3 Å². The number of rotatable bonds is 5. The van der Waals surface area contributed by atoms with E-state index >= 15 is 0 Å². The van der Waals surface area contributed by atoms with Crippen molar-refractivity contribution in [3.8, 4) is 0 Å². The number of nitrogens with one attached hydrogen (secondary N) is 1. The number of unbranched alkanes of at least 4 members (excludes halogenated alkanes) is 2.